The maximum Gasteiger partial charge on any atom is 0.140 e. The number of methoxy groups -OCH3 is 1. The summed E-state index contributed by atoms with van der Waals surface area (Å²) in [6, 6.07) is 14.1. The molecule has 0 unspecified atom stereocenters. The lowest BCUT2D eigenvalue weighted by Gasteiger charge is -2.19. The monoisotopic (exact) mass is 270 g/mol. The van der Waals surface area contributed by atoms with Gasteiger partial charge in [-0.15, -0.1) is 0 Å². The highest BCUT2D eigenvalue weighted by Gasteiger charge is 2.06. The van der Waals surface area contributed by atoms with Crippen molar-refractivity contribution >= 4 is 5.69 Å². The summed E-state index contributed by atoms with van der Waals surface area (Å²) in [7, 11) is 3.57. The van der Waals surface area contributed by atoms with Gasteiger partial charge in [-0.05, 0) is 42.0 Å². The van der Waals surface area contributed by atoms with Gasteiger partial charge in [0.2, 0.25) is 0 Å². The maximum atomic E-state index is 13.3. The molecule has 2 aromatic carbocycles. The van der Waals surface area contributed by atoms with Gasteiger partial charge in [0.1, 0.15) is 17.6 Å². The van der Waals surface area contributed by atoms with Crippen LogP contribution < -0.4 is 9.64 Å². The molecule has 0 aliphatic rings. The first-order valence-corrected chi connectivity index (χ1v) is 6.17. The fourth-order valence-corrected chi connectivity index (χ4v) is 1.96. The normalized spacial score (nSPS) is 9.90. The molecule has 0 amide bonds. The lowest BCUT2D eigenvalue weighted by molar-refractivity contribution is 0.415. The molecule has 4 heteroatoms. The fraction of sp³-hybridized carbons (Fsp3) is 0.188. The molecule has 3 nitrogen and oxygen atoms in total. The van der Waals surface area contributed by atoms with Crippen LogP contribution in [0.2, 0.25) is 0 Å². The summed E-state index contributed by atoms with van der Waals surface area (Å²) in [5.41, 5.74) is 1.99. The zero-order valence-corrected chi connectivity index (χ0v) is 11.4. The summed E-state index contributed by atoms with van der Waals surface area (Å²) in [6.07, 6.45) is 0. The Kier molecular flexibility index (Phi) is 4.21. The van der Waals surface area contributed by atoms with Gasteiger partial charge in [-0.3, -0.25) is 0 Å². The molecule has 0 radical (unpaired) electrons. The van der Waals surface area contributed by atoms with E-state index >= 15 is 0 Å². The minimum absolute atomic E-state index is 0.0747. The first-order valence-electron chi connectivity index (χ1n) is 6.17. The third kappa shape index (κ3) is 3.07. The van der Waals surface area contributed by atoms with Crippen molar-refractivity contribution in [2.75, 3.05) is 19.1 Å². The molecule has 20 heavy (non-hydrogen) atoms. The fourth-order valence-electron chi connectivity index (χ4n) is 1.96. The Bertz CT molecular complexity index is 632. The van der Waals surface area contributed by atoms with E-state index in [0.717, 1.165) is 17.0 Å². The van der Waals surface area contributed by atoms with E-state index in [1.54, 1.807) is 19.2 Å². The van der Waals surface area contributed by atoms with Crippen LogP contribution in [0.4, 0.5) is 10.1 Å². The van der Waals surface area contributed by atoms with E-state index in [1.807, 2.05) is 42.3 Å². The van der Waals surface area contributed by atoms with Crippen LogP contribution in [-0.4, -0.2) is 14.2 Å². The first-order chi connectivity index (χ1) is 9.63. The summed E-state index contributed by atoms with van der Waals surface area (Å²) in [5, 5.41) is 8.83. The highest BCUT2D eigenvalue weighted by molar-refractivity contribution is 5.49. The molecule has 0 saturated heterocycles. The Morgan fingerprint density at radius 3 is 2.50 bits per heavy atom. The maximum absolute atomic E-state index is 13.3. The number of anilines is 1. The quantitative estimate of drug-likeness (QED) is 0.855. The van der Waals surface area contributed by atoms with E-state index in [2.05, 4.69) is 0 Å². The average molecular weight is 270 g/mol. The first kappa shape index (κ1) is 13.9. The molecular formula is C16H15FN2O. The van der Waals surface area contributed by atoms with E-state index in [-0.39, 0.29) is 5.56 Å². The van der Waals surface area contributed by atoms with E-state index in [1.165, 1.54) is 6.07 Å². The predicted octanol–water partition coefficient (Wildman–Crippen LogP) is 3.34. The van der Waals surface area contributed by atoms with Crippen LogP contribution >= 0.6 is 0 Å². The van der Waals surface area contributed by atoms with Crippen molar-refractivity contribution in [1.29, 1.82) is 5.26 Å². The Morgan fingerprint density at radius 1 is 1.20 bits per heavy atom. The molecule has 0 atom stereocenters. The second-order valence-corrected chi connectivity index (χ2v) is 4.48. The molecule has 0 aromatic heterocycles. The molecular weight excluding hydrogens is 255 g/mol. The summed E-state index contributed by atoms with van der Waals surface area (Å²) in [5.74, 6) is 0.319. The van der Waals surface area contributed by atoms with Crippen LogP contribution in [0.3, 0.4) is 0 Å². The molecule has 2 aromatic rings. The van der Waals surface area contributed by atoms with Gasteiger partial charge in [-0.25, -0.2) is 4.39 Å². The Hall–Kier alpha value is -2.54. The van der Waals surface area contributed by atoms with Crippen LogP contribution in [0.15, 0.2) is 42.5 Å². The summed E-state index contributed by atoms with van der Waals surface area (Å²) < 4.78 is 18.4. The summed E-state index contributed by atoms with van der Waals surface area (Å²) in [4.78, 5) is 2.02. The van der Waals surface area contributed by atoms with Gasteiger partial charge >= 0.3 is 0 Å². The number of halogens is 1. The number of ether oxygens (including phenoxy) is 1. The van der Waals surface area contributed by atoms with Crippen LogP contribution in [0.5, 0.6) is 5.75 Å². The third-order valence-corrected chi connectivity index (χ3v) is 3.08. The second kappa shape index (κ2) is 6.07. The molecule has 0 spiro atoms. The van der Waals surface area contributed by atoms with Crippen LogP contribution in [0.1, 0.15) is 11.1 Å². The largest absolute Gasteiger partial charge is 0.497 e. The molecule has 2 rings (SSSR count). The van der Waals surface area contributed by atoms with Gasteiger partial charge in [0, 0.05) is 19.3 Å². The summed E-state index contributed by atoms with van der Waals surface area (Å²) in [6.45, 7) is 0.599. The smallest absolute Gasteiger partial charge is 0.140 e. The van der Waals surface area contributed by atoms with Crippen molar-refractivity contribution in [3.8, 4) is 11.8 Å². The highest BCUT2D eigenvalue weighted by atomic mass is 19.1. The minimum atomic E-state index is -0.483. The number of nitriles is 1. The Labute approximate surface area is 117 Å². The zero-order chi connectivity index (χ0) is 14.5. The molecule has 0 heterocycles. The van der Waals surface area contributed by atoms with Crippen molar-refractivity contribution in [2.24, 2.45) is 0 Å². The molecule has 0 N–H and O–H groups in total. The van der Waals surface area contributed by atoms with Crippen molar-refractivity contribution in [3.63, 3.8) is 0 Å². The molecule has 0 fully saturated rings. The SMILES string of the molecule is COc1ccc(N(C)Cc2ccc(F)c(C#N)c2)cc1. The Morgan fingerprint density at radius 2 is 1.90 bits per heavy atom. The molecule has 0 bridgehead atoms. The predicted molar refractivity (Wildman–Crippen MR) is 76.2 cm³/mol. The van der Waals surface area contributed by atoms with Gasteiger partial charge in [0.15, 0.2) is 0 Å². The van der Waals surface area contributed by atoms with Crippen molar-refractivity contribution < 1.29 is 9.13 Å². The lowest BCUT2D eigenvalue weighted by atomic mass is 10.1. The van der Waals surface area contributed by atoms with Crippen LogP contribution in [0, 0.1) is 17.1 Å². The number of rotatable bonds is 4. The van der Waals surface area contributed by atoms with Crippen LogP contribution in [0.25, 0.3) is 0 Å². The van der Waals surface area contributed by atoms with Gasteiger partial charge < -0.3 is 9.64 Å². The van der Waals surface area contributed by atoms with E-state index in [4.69, 9.17) is 10.00 Å². The zero-order valence-electron chi connectivity index (χ0n) is 11.4. The third-order valence-electron chi connectivity index (χ3n) is 3.08. The van der Waals surface area contributed by atoms with E-state index < -0.39 is 5.82 Å². The van der Waals surface area contributed by atoms with Gasteiger partial charge in [0.25, 0.3) is 0 Å². The van der Waals surface area contributed by atoms with Crippen molar-refractivity contribution in [1.82, 2.24) is 0 Å². The van der Waals surface area contributed by atoms with E-state index in [9.17, 15) is 4.39 Å². The number of hydrogen-bond donors (Lipinski definition) is 0. The second-order valence-electron chi connectivity index (χ2n) is 4.48. The standard InChI is InChI=1S/C16H15FN2O/c1-19(14-4-6-15(20-2)7-5-14)11-12-3-8-16(17)13(9-12)10-18/h3-9H,11H2,1-2H3. The van der Waals surface area contributed by atoms with Gasteiger partial charge in [0.05, 0.1) is 12.7 Å². The number of nitrogens with zero attached hydrogens (tertiary/aromatic N) is 2. The molecule has 102 valence electrons. The van der Waals surface area contributed by atoms with Crippen molar-refractivity contribution in [3.05, 3.63) is 59.4 Å². The lowest BCUT2D eigenvalue weighted by Crippen LogP contribution is -2.16. The summed E-state index contributed by atoms with van der Waals surface area (Å²) >= 11 is 0. The molecule has 0 aliphatic carbocycles. The van der Waals surface area contributed by atoms with Crippen LogP contribution in [-0.2, 0) is 6.54 Å². The van der Waals surface area contributed by atoms with E-state index in [0.29, 0.717) is 6.54 Å². The Balaban J connectivity index is 2.14. The van der Waals surface area contributed by atoms with Gasteiger partial charge in [-0.1, -0.05) is 6.07 Å². The number of benzene rings is 2. The van der Waals surface area contributed by atoms with Crippen molar-refractivity contribution in [2.45, 2.75) is 6.54 Å². The highest BCUT2D eigenvalue weighted by Crippen LogP contribution is 2.20. The average Bonchev–Trinajstić information content (AvgIpc) is 2.49. The number of hydrogen-bond acceptors (Lipinski definition) is 3. The topological polar surface area (TPSA) is 36.3 Å². The molecule has 0 aliphatic heterocycles. The molecule has 0 saturated carbocycles. The van der Waals surface area contributed by atoms with Gasteiger partial charge in [-0.2, -0.15) is 5.26 Å². The minimum Gasteiger partial charge on any atom is -0.497 e.